The number of oxazole rings is 1. The number of ether oxygens (including phenoxy) is 1. The third-order valence-corrected chi connectivity index (χ3v) is 5.25. The Labute approximate surface area is 173 Å². The SMILES string of the molecule is COCc1nc2c(o1)CCN(C(=O)c1cc(-c3ccncc3)nc3ccccc13)C2. The summed E-state index contributed by atoms with van der Waals surface area (Å²) in [6, 6.07) is 13.4. The van der Waals surface area contributed by atoms with Gasteiger partial charge in [0, 0.05) is 43.4 Å². The number of amides is 1. The molecular formula is C23H20N4O3. The van der Waals surface area contributed by atoms with Crippen molar-refractivity contribution in [3.63, 3.8) is 0 Å². The highest BCUT2D eigenvalue weighted by Crippen LogP contribution is 2.28. The molecule has 1 aromatic carbocycles. The number of hydrogen-bond acceptors (Lipinski definition) is 6. The first kappa shape index (κ1) is 18.4. The number of nitrogens with zero attached hydrogens (tertiary/aromatic N) is 4. The van der Waals surface area contributed by atoms with Gasteiger partial charge in [-0.1, -0.05) is 18.2 Å². The van der Waals surface area contributed by atoms with Crippen LogP contribution in [0.1, 0.15) is 27.7 Å². The molecule has 4 heterocycles. The molecule has 0 unspecified atom stereocenters. The fourth-order valence-corrected chi connectivity index (χ4v) is 3.80. The first-order chi connectivity index (χ1) is 14.7. The maximum absolute atomic E-state index is 13.5. The molecule has 0 saturated heterocycles. The van der Waals surface area contributed by atoms with Crippen LogP contribution < -0.4 is 0 Å². The van der Waals surface area contributed by atoms with Gasteiger partial charge < -0.3 is 14.1 Å². The van der Waals surface area contributed by atoms with Crippen molar-refractivity contribution in [3.05, 3.63) is 77.8 Å². The average molecular weight is 400 g/mol. The van der Waals surface area contributed by atoms with Gasteiger partial charge in [-0.25, -0.2) is 9.97 Å². The number of fused-ring (bicyclic) bond motifs is 2. The number of pyridine rings is 2. The molecular weight excluding hydrogens is 380 g/mol. The molecule has 1 aliphatic heterocycles. The normalized spacial score (nSPS) is 13.4. The molecule has 0 aliphatic carbocycles. The minimum absolute atomic E-state index is 0.0363. The van der Waals surface area contributed by atoms with Crippen LogP contribution in [0.5, 0.6) is 0 Å². The van der Waals surface area contributed by atoms with Gasteiger partial charge in [0.2, 0.25) is 5.89 Å². The molecule has 1 aliphatic rings. The number of methoxy groups -OCH3 is 1. The minimum atomic E-state index is -0.0363. The molecule has 0 fully saturated rings. The van der Waals surface area contributed by atoms with Crippen molar-refractivity contribution >= 4 is 16.8 Å². The fourth-order valence-electron chi connectivity index (χ4n) is 3.80. The quantitative estimate of drug-likeness (QED) is 0.520. The molecule has 30 heavy (non-hydrogen) atoms. The Balaban J connectivity index is 1.53. The van der Waals surface area contributed by atoms with Crippen molar-refractivity contribution in [2.24, 2.45) is 0 Å². The number of benzene rings is 1. The van der Waals surface area contributed by atoms with Gasteiger partial charge in [-0.15, -0.1) is 0 Å². The van der Waals surface area contributed by atoms with Gasteiger partial charge in [0.05, 0.1) is 23.3 Å². The maximum Gasteiger partial charge on any atom is 0.254 e. The Bertz CT molecular complexity index is 1220. The van der Waals surface area contributed by atoms with Crippen LogP contribution in [-0.4, -0.2) is 39.4 Å². The molecule has 0 atom stereocenters. The highest BCUT2D eigenvalue weighted by molar-refractivity contribution is 6.07. The molecule has 0 radical (unpaired) electrons. The van der Waals surface area contributed by atoms with Crippen LogP contribution in [-0.2, 0) is 24.3 Å². The van der Waals surface area contributed by atoms with Gasteiger partial charge >= 0.3 is 0 Å². The van der Waals surface area contributed by atoms with E-state index >= 15 is 0 Å². The molecule has 0 saturated carbocycles. The van der Waals surface area contributed by atoms with E-state index in [0.29, 0.717) is 37.6 Å². The number of carbonyl (C=O) groups excluding carboxylic acids is 1. The lowest BCUT2D eigenvalue weighted by Gasteiger charge is -2.26. The summed E-state index contributed by atoms with van der Waals surface area (Å²) in [4.78, 5) is 28.7. The highest BCUT2D eigenvalue weighted by Gasteiger charge is 2.27. The summed E-state index contributed by atoms with van der Waals surface area (Å²) in [5.41, 5.74) is 3.90. The van der Waals surface area contributed by atoms with E-state index in [9.17, 15) is 4.79 Å². The summed E-state index contributed by atoms with van der Waals surface area (Å²) in [6.45, 7) is 1.32. The number of rotatable bonds is 4. The largest absolute Gasteiger partial charge is 0.443 e. The highest BCUT2D eigenvalue weighted by atomic mass is 16.5. The predicted octanol–water partition coefficient (Wildman–Crippen LogP) is 3.63. The fraction of sp³-hybridized carbons (Fsp3) is 0.217. The summed E-state index contributed by atoms with van der Waals surface area (Å²) in [7, 11) is 1.61. The molecule has 5 rings (SSSR count). The van der Waals surface area contributed by atoms with Crippen molar-refractivity contribution in [2.45, 2.75) is 19.6 Å². The van der Waals surface area contributed by atoms with Crippen molar-refractivity contribution in [2.75, 3.05) is 13.7 Å². The first-order valence-electron chi connectivity index (χ1n) is 9.79. The van der Waals surface area contributed by atoms with Gasteiger partial charge in [0.25, 0.3) is 5.91 Å². The molecule has 7 nitrogen and oxygen atoms in total. The summed E-state index contributed by atoms with van der Waals surface area (Å²) in [5.74, 6) is 1.35. The van der Waals surface area contributed by atoms with E-state index < -0.39 is 0 Å². The van der Waals surface area contributed by atoms with Crippen molar-refractivity contribution in [3.8, 4) is 11.3 Å². The lowest BCUT2D eigenvalue weighted by molar-refractivity contribution is 0.0729. The topological polar surface area (TPSA) is 81.4 Å². The van der Waals surface area contributed by atoms with Crippen LogP contribution in [0.4, 0.5) is 0 Å². The number of hydrogen-bond donors (Lipinski definition) is 0. The predicted molar refractivity (Wildman–Crippen MR) is 111 cm³/mol. The average Bonchev–Trinajstić information content (AvgIpc) is 3.20. The molecule has 0 spiro atoms. The molecule has 7 heteroatoms. The Morgan fingerprint density at radius 2 is 2.00 bits per heavy atom. The van der Waals surface area contributed by atoms with Gasteiger partial charge in [-0.05, 0) is 24.3 Å². The minimum Gasteiger partial charge on any atom is -0.443 e. The van der Waals surface area contributed by atoms with Gasteiger partial charge in [-0.3, -0.25) is 9.78 Å². The van der Waals surface area contributed by atoms with E-state index in [1.54, 1.807) is 19.5 Å². The number of aromatic nitrogens is 3. The van der Waals surface area contributed by atoms with Crippen molar-refractivity contribution in [1.82, 2.24) is 19.9 Å². The molecule has 3 aromatic heterocycles. The Hall–Kier alpha value is -3.58. The molecule has 1 amide bonds. The number of carbonyl (C=O) groups is 1. The maximum atomic E-state index is 13.5. The zero-order chi connectivity index (χ0) is 20.5. The van der Waals surface area contributed by atoms with Gasteiger partial charge in [-0.2, -0.15) is 0 Å². The standard InChI is InChI=1S/C23H20N4O3/c1-29-14-22-26-20-13-27(11-8-21(20)30-22)23(28)17-12-19(15-6-9-24-10-7-15)25-18-5-3-2-4-16(17)18/h2-7,9-10,12H,8,11,13-14H2,1H3. The third-order valence-electron chi connectivity index (χ3n) is 5.25. The summed E-state index contributed by atoms with van der Waals surface area (Å²) >= 11 is 0. The Kier molecular flexibility index (Phi) is 4.72. The van der Waals surface area contributed by atoms with Gasteiger partial charge in [0.1, 0.15) is 18.1 Å². The second-order valence-corrected chi connectivity index (χ2v) is 7.20. The summed E-state index contributed by atoms with van der Waals surface area (Å²) in [6.07, 6.45) is 4.09. The zero-order valence-electron chi connectivity index (χ0n) is 16.5. The van der Waals surface area contributed by atoms with Crippen molar-refractivity contribution in [1.29, 1.82) is 0 Å². The van der Waals surface area contributed by atoms with Crippen LogP contribution in [0.25, 0.3) is 22.2 Å². The third kappa shape index (κ3) is 3.33. The van der Waals surface area contributed by atoms with Crippen LogP contribution in [0.15, 0.2) is 59.3 Å². The van der Waals surface area contributed by atoms with Crippen LogP contribution in [0.3, 0.4) is 0 Å². The summed E-state index contributed by atoms with van der Waals surface area (Å²) in [5, 5.41) is 0.839. The smallest absolute Gasteiger partial charge is 0.254 e. The second-order valence-electron chi connectivity index (χ2n) is 7.20. The summed E-state index contributed by atoms with van der Waals surface area (Å²) < 4.78 is 10.8. The van der Waals surface area contributed by atoms with Crippen molar-refractivity contribution < 1.29 is 13.9 Å². The zero-order valence-corrected chi connectivity index (χ0v) is 16.5. The lowest BCUT2D eigenvalue weighted by atomic mass is 10.0. The van der Waals surface area contributed by atoms with Crippen LogP contribution in [0.2, 0.25) is 0 Å². The van der Waals surface area contributed by atoms with Crippen LogP contribution in [0, 0.1) is 0 Å². The van der Waals surface area contributed by atoms with E-state index in [1.807, 2.05) is 47.4 Å². The van der Waals surface area contributed by atoms with Gasteiger partial charge in [0.15, 0.2) is 0 Å². The second kappa shape index (κ2) is 7.68. The lowest BCUT2D eigenvalue weighted by Crippen LogP contribution is -2.36. The first-order valence-corrected chi connectivity index (χ1v) is 9.79. The Morgan fingerprint density at radius 3 is 2.83 bits per heavy atom. The molecule has 0 N–H and O–H groups in total. The van der Waals surface area contributed by atoms with E-state index in [1.165, 1.54) is 0 Å². The van der Waals surface area contributed by atoms with E-state index in [2.05, 4.69) is 9.97 Å². The molecule has 0 bridgehead atoms. The van der Waals surface area contributed by atoms with E-state index in [0.717, 1.165) is 33.6 Å². The number of para-hydroxylation sites is 1. The molecule has 150 valence electrons. The van der Waals surface area contributed by atoms with E-state index in [4.69, 9.17) is 14.1 Å². The molecule has 4 aromatic rings. The van der Waals surface area contributed by atoms with Crippen LogP contribution >= 0.6 is 0 Å². The monoisotopic (exact) mass is 400 g/mol. The Morgan fingerprint density at radius 1 is 1.17 bits per heavy atom. The van der Waals surface area contributed by atoms with E-state index in [-0.39, 0.29) is 5.91 Å².